The Hall–Kier alpha value is -2.40. The molecule has 1 saturated carbocycles. The Morgan fingerprint density at radius 1 is 1.29 bits per heavy atom. The largest absolute Gasteiger partial charge is 0.477 e. The van der Waals surface area contributed by atoms with E-state index in [9.17, 15) is 14.7 Å². The van der Waals surface area contributed by atoms with E-state index in [0.717, 1.165) is 29.5 Å². The predicted molar refractivity (Wildman–Crippen MR) is 91.3 cm³/mol. The fraction of sp³-hybridized carbons (Fsp3) is 0.368. The van der Waals surface area contributed by atoms with E-state index in [4.69, 9.17) is 4.74 Å². The molecule has 0 radical (unpaired) electrons. The Morgan fingerprint density at radius 3 is 2.67 bits per heavy atom. The summed E-state index contributed by atoms with van der Waals surface area (Å²) >= 11 is 0. The molecule has 1 N–H and O–H groups in total. The van der Waals surface area contributed by atoms with Crippen LogP contribution in [0.25, 0.3) is 11.1 Å². The molecule has 0 unspecified atom stereocenters. The number of ether oxygens (including phenoxy) is 1. The lowest BCUT2D eigenvalue weighted by atomic mass is 10.0. The van der Waals surface area contributed by atoms with Crippen LogP contribution in [0.5, 0.6) is 0 Å². The fourth-order valence-electron chi connectivity index (χ4n) is 2.64. The zero-order chi connectivity index (χ0) is 17.3. The summed E-state index contributed by atoms with van der Waals surface area (Å²) in [6.45, 7) is 4.46. The Labute approximate surface area is 140 Å². The van der Waals surface area contributed by atoms with Crippen molar-refractivity contribution in [1.29, 1.82) is 0 Å². The maximum atomic E-state index is 12.3. The third-order valence-electron chi connectivity index (χ3n) is 4.06. The van der Waals surface area contributed by atoms with Crippen LogP contribution < -0.4 is 5.56 Å². The van der Waals surface area contributed by atoms with Gasteiger partial charge in [0.25, 0.3) is 5.56 Å². The zero-order valence-corrected chi connectivity index (χ0v) is 13.9. The number of pyridine rings is 1. The molecule has 0 aliphatic heterocycles. The molecule has 0 atom stereocenters. The van der Waals surface area contributed by atoms with E-state index in [1.54, 1.807) is 10.8 Å². The monoisotopic (exact) mass is 327 g/mol. The maximum Gasteiger partial charge on any atom is 0.341 e. The number of rotatable bonds is 6. The molecule has 1 fully saturated rings. The molecule has 1 aromatic carbocycles. The lowest BCUT2D eigenvalue weighted by molar-refractivity contribution is 0.0657. The van der Waals surface area contributed by atoms with Crippen molar-refractivity contribution in [3.05, 3.63) is 58.0 Å². The summed E-state index contributed by atoms with van der Waals surface area (Å²) in [5.41, 5.74) is 2.04. The third-order valence-corrected chi connectivity index (χ3v) is 4.06. The number of benzene rings is 1. The number of aromatic carboxylic acids is 1. The molecule has 1 aliphatic carbocycles. The Balaban J connectivity index is 2.01. The first-order chi connectivity index (χ1) is 11.5. The van der Waals surface area contributed by atoms with E-state index < -0.39 is 11.5 Å². The van der Waals surface area contributed by atoms with E-state index in [1.165, 1.54) is 6.07 Å². The highest BCUT2D eigenvalue weighted by molar-refractivity contribution is 5.88. The number of hydrogen-bond acceptors (Lipinski definition) is 3. The van der Waals surface area contributed by atoms with Gasteiger partial charge in [-0.25, -0.2) is 4.79 Å². The average molecular weight is 327 g/mol. The lowest BCUT2D eigenvalue weighted by Gasteiger charge is -2.12. The highest BCUT2D eigenvalue weighted by Crippen LogP contribution is 2.34. The average Bonchev–Trinajstić information content (AvgIpc) is 3.38. The molecule has 0 saturated heterocycles. The van der Waals surface area contributed by atoms with E-state index in [-0.39, 0.29) is 17.7 Å². The van der Waals surface area contributed by atoms with Crippen molar-refractivity contribution in [3.8, 4) is 11.1 Å². The normalized spacial score (nSPS) is 14.1. The summed E-state index contributed by atoms with van der Waals surface area (Å²) in [6.07, 6.45) is 3.76. The molecule has 0 bridgehead atoms. The van der Waals surface area contributed by atoms with Crippen LogP contribution in [0.15, 0.2) is 41.3 Å². The fourth-order valence-corrected chi connectivity index (χ4v) is 2.64. The van der Waals surface area contributed by atoms with Crippen LogP contribution >= 0.6 is 0 Å². The van der Waals surface area contributed by atoms with Crippen molar-refractivity contribution in [1.82, 2.24) is 4.57 Å². The standard InChI is InChI=1S/C19H21NO4/c1-12(2)24-11-13-4-3-5-14(8-13)15-9-17(19(22)23)18(21)20(10-15)16-6-7-16/h3-5,8-10,12,16H,6-7,11H2,1-2H3,(H,22,23). The highest BCUT2D eigenvalue weighted by Gasteiger charge is 2.27. The number of carbonyl (C=O) groups is 1. The van der Waals surface area contributed by atoms with E-state index in [0.29, 0.717) is 6.61 Å². The molecule has 24 heavy (non-hydrogen) atoms. The van der Waals surface area contributed by atoms with Crippen LogP contribution in [0.4, 0.5) is 0 Å². The molecule has 0 spiro atoms. The molecule has 2 aromatic rings. The number of hydrogen-bond donors (Lipinski definition) is 1. The molecule has 126 valence electrons. The molecule has 5 heteroatoms. The Morgan fingerprint density at radius 2 is 2.04 bits per heavy atom. The molecule has 0 amide bonds. The van der Waals surface area contributed by atoms with E-state index >= 15 is 0 Å². The van der Waals surface area contributed by atoms with Crippen molar-refractivity contribution >= 4 is 5.97 Å². The summed E-state index contributed by atoms with van der Waals surface area (Å²) in [7, 11) is 0. The maximum absolute atomic E-state index is 12.3. The second-order valence-corrected chi connectivity index (χ2v) is 6.45. The van der Waals surface area contributed by atoms with Gasteiger partial charge in [-0.1, -0.05) is 18.2 Å². The predicted octanol–water partition coefficient (Wildman–Crippen LogP) is 3.47. The molecule has 1 aromatic heterocycles. The zero-order valence-electron chi connectivity index (χ0n) is 13.9. The minimum absolute atomic E-state index is 0.128. The van der Waals surface area contributed by atoms with Crippen LogP contribution in [-0.4, -0.2) is 21.7 Å². The van der Waals surface area contributed by atoms with Gasteiger partial charge in [0.2, 0.25) is 0 Å². The Kier molecular flexibility index (Phi) is 4.53. The topological polar surface area (TPSA) is 68.5 Å². The number of nitrogens with zero attached hydrogens (tertiary/aromatic N) is 1. The van der Waals surface area contributed by atoms with Gasteiger partial charge in [0.05, 0.1) is 12.7 Å². The molecule has 1 aliphatic rings. The second kappa shape index (κ2) is 6.61. The lowest BCUT2D eigenvalue weighted by Crippen LogP contribution is -2.25. The van der Waals surface area contributed by atoms with Crippen molar-refractivity contribution in [3.63, 3.8) is 0 Å². The van der Waals surface area contributed by atoms with Gasteiger partial charge in [0.15, 0.2) is 0 Å². The minimum Gasteiger partial charge on any atom is -0.477 e. The molecular formula is C19H21NO4. The quantitative estimate of drug-likeness (QED) is 0.882. The first-order valence-electron chi connectivity index (χ1n) is 8.16. The summed E-state index contributed by atoms with van der Waals surface area (Å²) in [4.78, 5) is 23.7. The van der Waals surface area contributed by atoms with Gasteiger partial charge in [-0.3, -0.25) is 4.79 Å². The third kappa shape index (κ3) is 3.57. The van der Waals surface area contributed by atoms with E-state index in [1.807, 2.05) is 38.1 Å². The van der Waals surface area contributed by atoms with Gasteiger partial charge in [0.1, 0.15) is 5.56 Å². The summed E-state index contributed by atoms with van der Waals surface area (Å²) in [6, 6.07) is 9.38. The van der Waals surface area contributed by atoms with Crippen LogP contribution in [0.3, 0.4) is 0 Å². The van der Waals surface area contributed by atoms with Crippen molar-refractivity contribution in [2.24, 2.45) is 0 Å². The molecule has 1 heterocycles. The van der Waals surface area contributed by atoms with Crippen molar-refractivity contribution < 1.29 is 14.6 Å². The van der Waals surface area contributed by atoms with Gasteiger partial charge in [-0.2, -0.15) is 0 Å². The van der Waals surface area contributed by atoms with Crippen LogP contribution in [0.2, 0.25) is 0 Å². The van der Waals surface area contributed by atoms with Crippen molar-refractivity contribution in [2.75, 3.05) is 0 Å². The van der Waals surface area contributed by atoms with Gasteiger partial charge in [-0.05, 0) is 55.5 Å². The van der Waals surface area contributed by atoms with Crippen LogP contribution in [-0.2, 0) is 11.3 Å². The molecular weight excluding hydrogens is 306 g/mol. The van der Waals surface area contributed by atoms with Crippen LogP contribution in [0.1, 0.15) is 48.7 Å². The Bertz CT molecular complexity index is 818. The minimum atomic E-state index is -1.18. The summed E-state index contributed by atoms with van der Waals surface area (Å²) < 4.78 is 7.19. The second-order valence-electron chi connectivity index (χ2n) is 6.45. The first-order valence-corrected chi connectivity index (χ1v) is 8.16. The van der Waals surface area contributed by atoms with Gasteiger partial charge in [-0.15, -0.1) is 0 Å². The summed E-state index contributed by atoms with van der Waals surface area (Å²) in [5, 5.41) is 9.33. The van der Waals surface area contributed by atoms with Gasteiger partial charge in [0, 0.05) is 12.2 Å². The number of aromatic nitrogens is 1. The SMILES string of the molecule is CC(C)OCc1cccc(-c2cc(C(=O)O)c(=O)n(C3CC3)c2)c1. The van der Waals surface area contributed by atoms with Gasteiger partial charge >= 0.3 is 5.97 Å². The first kappa shape index (κ1) is 16.5. The molecule has 5 nitrogen and oxygen atoms in total. The number of carboxylic acid groups (broad SMARTS) is 1. The van der Waals surface area contributed by atoms with Crippen LogP contribution in [0, 0.1) is 0 Å². The van der Waals surface area contributed by atoms with Crippen molar-refractivity contribution in [2.45, 2.75) is 45.4 Å². The summed E-state index contributed by atoms with van der Waals surface area (Å²) in [5.74, 6) is -1.18. The van der Waals surface area contributed by atoms with E-state index in [2.05, 4.69) is 0 Å². The number of carboxylic acids is 1. The smallest absolute Gasteiger partial charge is 0.341 e. The van der Waals surface area contributed by atoms with Gasteiger partial charge < -0.3 is 14.4 Å². The highest BCUT2D eigenvalue weighted by atomic mass is 16.5. The molecule has 3 rings (SSSR count).